The van der Waals surface area contributed by atoms with Gasteiger partial charge in [0.1, 0.15) is 0 Å². The number of amides is 1. The van der Waals surface area contributed by atoms with Crippen LogP contribution in [0.15, 0.2) is 90.5 Å². The molecule has 5 rings (SSSR count). The van der Waals surface area contributed by atoms with Gasteiger partial charge in [-0.15, -0.1) is 0 Å². The number of hydrogen-bond donors (Lipinski definition) is 2. The maximum Gasteiger partial charge on any atom is 0.358 e. The van der Waals surface area contributed by atoms with E-state index in [0.717, 1.165) is 0 Å². The summed E-state index contributed by atoms with van der Waals surface area (Å²) >= 11 is 0. The van der Waals surface area contributed by atoms with E-state index in [0.29, 0.717) is 28.3 Å². The van der Waals surface area contributed by atoms with E-state index in [-0.39, 0.29) is 5.57 Å². The highest BCUT2D eigenvalue weighted by Gasteiger charge is 2.64. The number of benzene rings is 3. The van der Waals surface area contributed by atoms with E-state index >= 15 is 0 Å². The normalized spacial score (nSPS) is 19.5. The quantitative estimate of drug-likeness (QED) is 0.494. The summed E-state index contributed by atoms with van der Waals surface area (Å²) in [5, 5.41) is 6.47. The van der Waals surface area contributed by atoms with Crippen molar-refractivity contribution in [2.24, 2.45) is 0 Å². The van der Waals surface area contributed by atoms with Crippen LogP contribution in [0.2, 0.25) is 0 Å². The summed E-state index contributed by atoms with van der Waals surface area (Å²) in [6, 6.07) is 25.0. The third kappa shape index (κ3) is 2.71. The number of fused-ring (bicyclic) bond motifs is 2. The maximum absolute atomic E-state index is 13.5. The van der Waals surface area contributed by atoms with Crippen LogP contribution in [0.1, 0.15) is 5.56 Å². The number of para-hydroxylation sites is 3. The molecule has 0 aliphatic carbocycles. The van der Waals surface area contributed by atoms with Gasteiger partial charge in [0.2, 0.25) is 0 Å². The summed E-state index contributed by atoms with van der Waals surface area (Å²) in [5.41, 5.74) is 0.714. The zero-order valence-electron chi connectivity index (χ0n) is 17.2. The van der Waals surface area contributed by atoms with Crippen LogP contribution in [0.25, 0.3) is 5.70 Å². The minimum Gasteiger partial charge on any atom is -0.466 e. The zero-order valence-corrected chi connectivity index (χ0v) is 17.2. The highest BCUT2D eigenvalue weighted by atomic mass is 16.5. The van der Waals surface area contributed by atoms with Crippen LogP contribution in [0.5, 0.6) is 0 Å². The Morgan fingerprint density at radius 1 is 0.844 bits per heavy atom. The van der Waals surface area contributed by atoms with Crippen molar-refractivity contribution >= 4 is 40.4 Å². The molecular weight excluding hydrogens is 406 g/mol. The number of carbonyl (C=O) groups is 3. The van der Waals surface area contributed by atoms with Crippen LogP contribution in [-0.2, 0) is 19.1 Å². The predicted molar refractivity (Wildman–Crippen MR) is 121 cm³/mol. The minimum atomic E-state index is -1.89. The number of carbonyl (C=O) groups excluding carboxylic acids is 3. The van der Waals surface area contributed by atoms with Crippen molar-refractivity contribution in [3.63, 3.8) is 0 Å². The van der Waals surface area contributed by atoms with Crippen LogP contribution in [-0.4, -0.2) is 30.4 Å². The topological polar surface area (TPSA) is 87.7 Å². The molecule has 1 fully saturated rings. The molecule has 0 bridgehead atoms. The van der Waals surface area contributed by atoms with Crippen molar-refractivity contribution in [3.8, 4) is 0 Å². The third-order valence-corrected chi connectivity index (χ3v) is 5.63. The lowest BCUT2D eigenvalue weighted by Gasteiger charge is -2.36. The second-order valence-electron chi connectivity index (χ2n) is 7.42. The molecule has 1 amide bonds. The van der Waals surface area contributed by atoms with E-state index in [1.165, 1.54) is 12.0 Å². The molecule has 2 heterocycles. The van der Waals surface area contributed by atoms with Gasteiger partial charge in [-0.2, -0.15) is 0 Å². The van der Waals surface area contributed by atoms with Crippen molar-refractivity contribution in [3.05, 3.63) is 96.1 Å². The minimum absolute atomic E-state index is 0.0133. The van der Waals surface area contributed by atoms with Gasteiger partial charge < -0.3 is 15.4 Å². The SMILES string of the molecule is COC(=O)C12Nc3ccccc3NC(c3ccccc3)=C1C(=O)C(=O)N2c1ccccc1. The third-order valence-electron chi connectivity index (χ3n) is 5.63. The standard InChI is InChI=1S/C25H19N3O4/c1-32-24(31)25-20(22(29)23(30)28(25)17-12-6-3-7-13-17)21(16-10-4-2-5-11-16)26-18-14-8-9-15-19(18)27-25/h2-15,26-27H,1H3. The number of rotatable bonds is 3. The number of anilines is 3. The van der Waals surface area contributed by atoms with Gasteiger partial charge in [-0.3, -0.25) is 14.5 Å². The summed E-state index contributed by atoms with van der Waals surface area (Å²) in [5.74, 6) is -2.38. The summed E-state index contributed by atoms with van der Waals surface area (Å²) in [6.07, 6.45) is 0. The van der Waals surface area contributed by atoms with E-state index in [4.69, 9.17) is 4.74 Å². The van der Waals surface area contributed by atoms with Gasteiger partial charge in [0, 0.05) is 5.69 Å². The van der Waals surface area contributed by atoms with Gasteiger partial charge in [0.05, 0.1) is 29.8 Å². The summed E-state index contributed by atoms with van der Waals surface area (Å²) in [7, 11) is 1.24. The molecule has 3 aromatic carbocycles. The number of hydrogen-bond acceptors (Lipinski definition) is 6. The monoisotopic (exact) mass is 425 g/mol. The fraction of sp³-hybridized carbons (Fsp3) is 0.0800. The Labute approximate surface area is 184 Å². The van der Waals surface area contributed by atoms with Crippen molar-refractivity contribution in [1.29, 1.82) is 0 Å². The number of methoxy groups -OCH3 is 1. The van der Waals surface area contributed by atoms with Crippen molar-refractivity contribution in [1.82, 2.24) is 0 Å². The van der Waals surface area contributed by atoms with Crippen molar-refractivity contribution in [2.75, 3.05) is 22.6 Å². The van der Waals surface area contributed by atoms with Crippen LogP contribution < -0.4 is 15.5 Å². The Kier molecular flexibility index (Phi) is 4.52. The molecule has 158 valence electrons. The van der Waals surface area contributed by atoms with E-state index in [1.54, 1.807) is 42.5 Å². The van der Waals surface area contributed by atoms with Crippen LogP contribution in [0.4, 0.5) is 17.1 Å². The molecule has 7 nitrogen and oxygen atoms in total. The molecule has 1 saturated heterocycles. The first-order valence-electron chi connectivity index (χ1n) is 10.0. The molecule has 32 heavy (non-hydrogen) atoms. The Bertz CT molecular complexity index is 1270. The molecule has 3 aromatic rings. The summed E-state index contributed by atoms with van der Waals surface area (Å²) in [4.78, 5) is 41.5. The van der Waals surface area contributed by atoms with Crippen LogP contribution in [0.3, 0.4) is 0 Å². The van der Waals surface area contributed by atoms with Gasteiger partial charge in [-0.05, 0) is 29.8 Å². The van der Waals surface area contributed by atoms with E-state index < -0.39 is 23.3 Å². The number of ketones is 1. The Morgan fingerprint density at radius 2 is 1.44 bits per heavy atom. The van der Waals surface area contributed by atoms with Crippen LogP contribution in [0, 0.1) is 0 Å². The lowest BCUT2D eigenvalue weighted by molar-refractivity contribution is -0.145. The molecule has 1 unspecified atom stereocenters. The highest BCUT2D eigenvalue weighted by molar-refractivity contribution is 6.55. The molecular formula is C25H19N3O4. The van der Waals surface area contributed by atoms with E-state index in [9.17, 15) is 14.4 Å². The molecule has 2 aliphatic rings. The lowest BCUT2D eigenvalue weighted by Crippen LogP contribution is -2.59. The maximum atomic E-state index is 13.5. The first-order chi connectivity index (χ1) is 15.6. The van der Waals surface area contributed by atoms with Gasteiger partial charge in [0.15, 0.2) is 0 Å². The number of ether oxygens (including phenoxy) is 1. The Balaban J connectivity index is 1.90. The van der Waals surface area contributed by atoms with Gasteiger partial charge in [-0.1, -0.05) is 60.7 Å². The van der Waals surface area contributed by atoms with E-state index in [2.05, 4.69) is 10.6 Å². The van der Waals surface area contributed by atoms with Crippen LogP contribution >= 0.6 is 0 Å². The Morgan fingerprint density at radius 3 is 2.09 bits per heavy atom. The number of nitrogens with one attached hydrogen (secondary N) is 2. The average molecular weight is 425 g/mol. The molecule has 2 aliphatic heterocycles. The van der Waals surface area contributed by atoms with Crippen molar-refractivity contribution < 1.29 is 19.1 Å². The highest BCUT2D eigenvalue weighted by Crippen LogP contribution is 2.46. The first-order valence-corrected chi connectivity index (χ1v) is 10.0. The van der Waals surface area contributed by atoms with E-state index in [1.807, 2.05) is 42.5 Å². The first kappa shape index (κ1) is 19.6. The molecule has 2 N–H and O–H groups in total. The summed E-state index contributed by atoms with van der Waals surface area (Å²) in [6.45, 7) is 0. The molecule has 0 radical (unpaired) electrons. The number of nitrogens with zero attached hydrogens (tertiary/aromatic N) is 1. The summed E-state index contributed by atoms with van der Waals surface area (Å²) < 4.78 is 5.19. The smallest absolute Gasteiger partial charge is 0.358 e. The number of Topliss-reactive ketones (excluding diaryl/α,β-unsaturated/α-hetero) is 1. The number of esters is 1. The molecule has 1 atom stereocenters. The van der Waals surface area contributed by atoms with Gasteiger partial charge in [0.25, 0.3) is 11.4 Å². The predicted octanol–water partition coefficient (Wildman–Crippen LogP) is 3.42. The van der Waals surface area contributed by atoms with Gasteiger partial charge in [-0.25, -0.2) is 4.79 Å². The average Bonchev–Trinajstić information content (AvgIpc) is 2.96. The molecule has 0 aromatic heterocycles. The fourth-order valence-corrected chi connectivity index (χ4v) is 4.24. The molecule has 0 spiro atoms. The molecule has 7 heteroatoms. The lowest BCUT2D eigenvalue weighted by atomic mass is 9.93. The largest absolute Gasteiger partial charge is 0.466 e. The van der Waals surface area contributed by atoms with Gasteiger partial charge >= 0.3 is 11.9 Å². The Hall–Kier alpha value is -4.39. The zero-order chi connectivity index (χ0) is 22.3. The fourth-order valence-electron chi connectivity index (χ4n) is 4.24. The second kappa shape index (κ2) is 7.39. The second-order valence-corrected chi connectivity index (χ2v) is 7.42. The molecule has 0 saturated carbocycles. The van der Waals surface area contributed by atoms with Crippen molar-refractivity contribution in [2.45, 2.75) is 5.66 Å².